The van der Waals surface area contributed by atoms with E-state index in [1.165, 1.54) is 24.1 Å². The third-order valence-electron chi connectivity index (χ3n) is 4.11. The average Bonchev–Trinajstić information content (AvgIpc) is 3.17. The summed E-state index contributed by atoms with van der Waals surface area (Å²) in [7, 11) is 0. The highest BCUT2D eigenvalue weighted by molar-refractivity contribution is 6.33. The first-order valence-electron chi connectivity index (χ1n) is 7.88. The highest BCUT2D eigenvalue weighted by Crippen LogP contribution is 2.34. The molecule has 116 valence electrons. The number of hydrogen-bond donors (Lipinski definition) is 1. The molecular weight excluding hydrogens is 284 g/mol. The zero-order valence-electron chi connectivity index (χ0n) is 13.2. The van der Waals surface area contributed by atoms with Crippen molar-refractivity contribution in [1.82, 2.24) is 5.32 Å². The van der Waals surface area contributed by atoms with Crippen LogP contribution in [0.5, 0.6) is 0 Å². The predicted octanol–water partition coefficient (Wildman–Crippen LogP) is 3.60. The summed E-state index contributed by atoms with van der Waals surface area (Å²) in [4.78, 5) is 2.39. The summed E-state index contributed by atoms with van der Waals surface area (Å²) in [5.41, 5.74) is 2.33. The van der Waals surface area contributed by atoms with Gasteiger partial charge in [-0.1, -0.05) is 23.7 Å². The Bertz CT molecular complexity index is 514. The van der Waals surface area contributed by atoms with E-state index in [0.717, 1.165) is 24.7 Å². The number of benzene rings is 1. The Balaban J connectivity index is 1.84. The van der Waals surface area contributed by atoms with Gasteiger partial charge in [-0.25, -0.2) is 0 Å². The molecule has 0 bridgehead atoms. The van der Waals surface area contributed by atoms with E-state index in [4.69, 9.17) is 16.3 Å². The second-order valence-corrected chi connectivity index (χ2v) is 7.38. The minimum Gasteiger partial charge on any atom is -0.369 e. The van der Waals surface area contributed by atoms with Gasteiger partial charge in [-0.15, -0.1) is 0 Å². The van der Waals surface area contributed by atoms with Crippen LogP contribution in [0, 0.1) is 0 Å². The second kappa shape index (κ2) is 5.79. The van der Waals surface area contributed by atoms with Crippen LogP contribution in [0.1, 0.15) is 39.2 Å². The van der Waals surface area contributed by atoms with Gasteiger partial charge in [0, 0.05) is 25.7 Å². The summed E-state index contributed by atoms with van der Waals surface area (Å²) < 4.78 is 6.01. The average molecular weight is 309 g/mol. The van der Waals surface area contributed by atoms with Crippen LogP contribution < -0.4 is 10.2 Å². The van der Waals surface area contributed by atoms with Gasteiger partial charge in [0.15, 0.2) is 0 Å². The molecule has 1 aromatic carbocycles. The Morgan fingerprint density at radius 1 is 1.38 bits per heavy atom. The van der Waals surface area contributed by atoms with E-state index in [9.17, 15) is 0 Å². The van der Waals surface area contributed by atoms with Gasteiger partial charge in [0.05, 0.1) is 22.4 Å². The van der Waals surface area contributed by atoms with Crippen molar-refractivity contribution in [2.24, 2.45) is 0 Å². The van der Waals surface area contributed by atoms with Crippen molar-refractivity contribution in [3.05, 3.63) is 28.8 Å². The molecule has 4 heteroatoms. The third kappa shape index (κ3) is 3.71. The minimum atomic E-state index is -0.141. The number of anilines is 1. The van der Waals surface area contributed by atoms with Gasteiger partial charge >= 0.3 is 0 Å². The number of nitrogens with one attached hydrogen (secondary N) is 1. The van der Waals surface area contributed by atoms with Crippen LogP contribution in [0.25, 0.3) is 0 Å². The van der Waals surface area contributed by atoms with Crippen LogP contribution in [0.2, 0.25) is 5.02 Å². The number of ether oxygens (including phenoxy) is 1. The molecule has 0 radical (unpaired) electrons. The highest BCUT2D eigenvalue weighted by atomic mass is 35.5. The van der Waals surface area contributed by atoms with E-state index < -0.39 is 0 Å². The Morgan fingerprint density at radius 2 is 2.14 bits per heavy atom. The summed E-state index contributed by atoms with van der Waals surface area (Å²) >= 11 is 6.52. The lowest BCUT2D eigenvalue weighted by Gasteiger charge is -2.43. The molecule has 0 spiro atoms. The fraction of sp³-hybridized carbons (Fsp3) is 0.647. The van der Waals surface area contributed by atoms with E-state index in [0.29, 0.717) is 6.04 Å². The lowest BCUT2D eigenvalue weighted by Crippen LogP contribution is -2.52. The number of halogens is 1. The van der Waals surface area contributed by atoms with Crippen molar-refractivity contribution >= 4 is 17.3 Å². The molecule has 1 heterocycles. The van der Waals surface area contributed by atoms with Crippen LogP contribution in [0.4, 0.5) is 5.69 Å². The van der Waals surface area contributed by atoms with Gasteiger partial charge in [-0.3, -0.25) is 0 Å². The standard InChI is InChI=1S/C17H25ClN2O/c1-12-10-20(11-17(2,3)21-12)16-13(5-4-6-15(16)18)9-19-14-7-8-14/h4-6,12,14,19H,7-11H2,1-3H3. The lowest BCUT2D eigenvalue weighted by molar-refractivity contribution is -0.0750. The number of morpholine rings is 1. The predicted molar refractivity (Wildman–Crippen MR) is 88.2 cm³/mol. The van der Waals surface area contributed by atoms with Crippen molar-refractivity contribution in [3.63, 3.8) is 0 Å². The van der Waals surface area contributed by atoms with Crippen LogP contribution >= 0.6 is 11.6 Å². The number of para-hydroxylation sites is 1. The van der Waals surface area contributed by atoms with Crippen LogP contribution in [0.15, 0.2) is 18.2 Å². The molecule has 1 aliphatic heterocycles. The molecule has 2 fully saturated rings. The monoisotopic (exact) mass is 308 g/mol. The molecule has 1 N–H and O–H groups in total. The van der Waals surface area contributed by atoms with Gasteiger partial charge in [-0.05, 0) is 45.2 Å². The summed E-state index contributed by atoms with van der Waals surface area (Å²) in [6, 6.07) is 6.93. The lowest BCUT2D eigenvalue weighted by atomic mass is 10.0. The zero-order valence-corrected chi connectivity index (χ0v) is 13.9. The first-order valence-corrected chi connectivity index (χ1v) is 8.26. The van der Waals surface area contributed by atoms with Crippen LogP contribution in [-0.4, -0.2) is 30.8 Å². The van der Waals surface area contributed by atoms with Gasteiger partial charge in [-0.2, -0.15) is 0 Å². The van der Waals surface area contributed by atoms with Crippen LogP contribution in [-0.2, 0) is 11.3 Å². The number of rotatable bonds is 4. The van der Waals surface area contributed by atoms with Crippen molar-refractivity contribution in [2.75, 3.05) is 18.0 Å². The molecule has 1 aliphatic carbocycles. The smallest absolute Gasteiger partial charge is 0.0805 e. The van der Waals surface area contributed by atoms with E-state index in [1.54, 1.807) is 0 Å². The van der Waals surface area contributed by atoms with Gasteiger partial charge in [0.2, 0.25) is 0 Å². The number of hydrogen-bond acceptors (Lipinski definition) is 3. The fourth-order valence-corrected chi connectivity index (χ4v) is 3.54. The maximum Gasteiger partial charge on any atom is 0.0805 e. The van der Waals surface area contributed by atoms with E-state index >= 15 is 0 Å². The van der Waals surface area contributed by atoms with E-state index in [2.05, 4.69) is 37.1 Å². The molecule has 3 nitrogen and oxygen atoms in total. The first-order chi connectivity index (χ1) is 9.94. The molecule has 1 aromatic rings. The molecule has 1 atom stereocenters. The maximum atomic E-state index is 6.52. The molecule has 1 unspecified atom stereocenters. The summed E-state index contributed by atoms with van der Waals surface area (Å²) in [6.45, 7) is 9.09. The van der Waals surface area contributed by atoms with Crippen molar-refractivity contribution < 1.29 is 4.74 Å². The fourth-order valence-electron chi connectivity index (χ4n) is 3.22. The zero-order chi connectivity index (χ0) is 15.0. The quantitative estimate of drug-likeness (QED) is 0.920. The summed E-state index contributed by atoms with van der Waals surface area (Å²) in [5, 5.41) is 4.44. The van der Waals surface area contributed by atoms with Gasteiger partial charge in [0.1, 0.15) is 0 Å². The highest BCUT2D eigenvalue weighted by Gasteiger charge is 2.33. The third-order valence-corrected chi connectivity index (χ3v) is 4.42. The molecular formula is C17H25ClN2O. The largest absolute Gasteiger partial charge is 0.369 e. The summed E-state index contributed by atoms with van der Waals surface area (Å²) in [6.07, 6.45) is 2.82. The topological polar surface area (TPSA) is 24.5 Å². The Hall–Kier alpha value is -0.770. The molecule has 1 saturated heterocycles. The Labute approximate surface area is 132 Å². The number of nitrogens with zero attached hydrogens (tertiary/aromatic N) is 1. The molecule has 2 aliphatic rings. The second-order valence-electron chi connectivity index (χ2n) is 6.97. The van der Waals surface area contributed by atoms with Gasteiger partial charge < -0.3 is 15.0 Å². The SMILES string of the molecule is CC1CN(c2c(Cl)cccc2CNC2CC2)CC(C)(C)O1. The molecule has 21 heavy (non-hydrogen) atoms. The minimum absolute atomic E-state index is 0.141. The van der Waals surface area contributed by atoms with Gasteiger partial charge in [0.25, 0.3) is 0 Å². The Kier molecular flexibility index (Phi) is 4.17. The van der Waals surface area contributed by atoms with Crippen LogP contribution in [0.3, 0.4) is 0 Å². The first kappa shape index (κ1) is 15.1. The molecule has 0 aromatic heterocycles. The van der Waals surface area contributed by atoms with Crippen molar-refractivity contribution in [1.29, 1.82) is 0 Å². The van der Waals surface area contributed by atoms with Crippen molar-refractivity contribution in [3.8, 4) is 0 Å². The molecule has 1 saturated carbocycles. The summed E-state index contributed by atoms with van der Waals surface area (Å²) in [5.74, 6) is 0. The van der Waals surface area contributed by atoms with E-state index in [-0.39, 0.29) is 11.7 Å². The molecule has 0 amide bonds. The Morgan fingerprint density at radius 3 is 2.81 bits per heavy atom. The maximum absolute atomic E-state index is 6.52. The van der Waals surface area contributed by atoms with Crippen molar-refractivity contribution in [2.45, 2.75) is 57.9 Å². The normalized spacial score (nSPS) is 25.1. The van der Waals surface area contributed by atoms with E-state index in [1.807, 2.05) is 12.1 Å². The molecule has 3 rings (SSSR count).